The molecule has 3 rings (SSSR count). The summed E-state index contributed by atoms with van der Waals surface area (Å²) in [4.78, 5) is 27.4. The van der Waals surface area contributed by atoms with Crippen molar-refractivity contribution in [2.75, 3.05) is 20.1 Å². The van der Waals surface area contributed by atoms with E-state index >= 15 is 0 Å². The van der Waals surface area contributed by atoms with E-state index in [-0.39, 0.29) is 17.6 Å². The van der Waals surface area contributed by atoms with Crippen molar-refractivity contribution in [2.45, 2.75) is 38.3 Å². The standard InChI is InChI=1S/C23H28FN3O2/c1-25-13-4-7-22(28)27-16-19-6-3-2-5-18(19)15-21(27)23(29)26-14-12-17-8-10-20(24)11-9-17/h2-3,5-6,8-11,21,25H,4,7,12-16H2,1H3,(H,26,29). The summed E-state index contributed by atoms with van der Waals surface area (Å²) < 4.78 is 13.0. The molecule has 0 bridgehead atoms. The number of hydrogen-bond donors (Lipinski definition) is 2. The maximum Gasteiger partial charge on any atom is 0.243 e. The number of amides is 2. The molecule has 0 spiro atoms. The Balaban J connectivity index is 1.64. The molecule has 0 aliphatic carbocycles. The summed E-state index contributed by atoms with van der Waals surface area (Å²) in [6, 6.07) is 13.7. The number of hydrogen-bond acceptors (Lipinski definition) is 3. The quantitative estimate of drug-likeness (QED) is 0.673. The van der Waals surface area contributed by atoms with Crippen LogP contribution in [0.1, 0.15) is 29.5 Å². The van der Waals surface area contributed by atoms with E-state index in [0.29, 0.717) is 32.4 Å². The normalized spacial score (nSPS) is 15.7. The minimum Gasteiger partial charge on any atom is -0.354 e. The molecule has 0 saturated heterocycles. The lowest BCUT2D eigenvalue weighted by molar-refractivity contribution is -0.141. The van der Waals surface area contributed by atoms with E-state index < -0.39 is 6.04 Å². The van der Waals surface area contributed by atoms with Gasteiger partial charge in [0.2, 0.25) is 11.8 Å². The van der Waals surface area contributed by atoms with Gasteiger partial charge in [0.1, 0.15) is 11.9 Å². The molecule has 1 heterocycles. The highest BCUT2D eigenvalue weighted by Gasteiger charge is 2.33. The second-order valence-electron chi connectivity index (χ2n) is 7.38. The van der Waals surface area contributed by atoms with Gasteiger partial charge in [0.05, 0.1) is 0 Å². The van der Waals surface area contributed by atoms with Gasteiger partial charge in [-0.15, -0.1) is 0 Å². The van der Waals surface area contributed by atoms with Gasteiger partial charge in [0.15, 0.2) is 0 Å². The number of carbonyl (C=O) groups excluding carboxylic acids is 2. The zero-order valence-electron chi connectivity index (χ0n) is 16.8. The molecule has 2 aromatic carbocycles. The van der Waals surface area contributed by atoms with Crippen LogP contribution in [0.15, 0.2) is 48.5 Å². The van der Waals surface area contributed by atoms with E-state index in [1.807, 2.05) is 31.3 Å². The maximum absolute atomic E-state index is 13.0. The first-order valence-corrected chi connectivity index (χ1v) is 10.1. The van der Waals surface area contributed by atoms with Crippen molar-refractivity contribution >= 4 is 11.8 Å². The SMILES string of the molecule is CNCCCC(=O)N1Cc2ccccc2CC1C(=O)NCCc1ccc(F)cc1. The van der Waals surface area contributed by atoms with Crippen LogP contribution in [0.5, 0.6) is 0 Å². The maximum atomic E-state index is 13.0. The number of nitrogens with zero attached hydrogens (tertiary/aromatic N) is 1. The van der Waals surface area contributed by atoms with Crippen LogP contribution < -0.4 is 10.6 Å². The van der Waals surface area contributed by atoms with Gasteiger partial charge in [-0.25, -0.2) is 4.39 Å². The Kier molecular flexibility index (Phi) is 7.36. The fourth-order valence-electron chi connectivity index (χ4n) is 3.68. The monoisotopic (exact) mass is 397 g/mol. The molecule has 0 aromatic heterocycles. The van der Waals surface area contributed by atoms with Crippen LogP contribution in [0.2, 0.25) is 0 Å². The molecular formula is C23H28FN3O2. The van der Waals surface area contributed by atoms with Crippen LogP contribution in [0, 0.1) is 5.82 Å². The number of halogens is 1. The zero-order chi connectivity index (χ0) is 20.6. The number of carbonyl (C=O) groups is 2. The fraction of sp³-hybridized carbons (Fsp3) is 0.391. The van der Waals surface area contributed by atoms with Gasteiger partial charge in [-0.2, -0.15) is 0 Å². The van der Waals surface area contributed by atoms with Crippen molar-refractivity contribution < 1.29 is 14.0 Å². The molecule has 0 radical (unpaired) electrons. The van der Waals surface area contributed by atoms with Gasteiger partial charge >= 0.3 is 0 Å². The summed E-state index contributed by atoms with van der Waals surface area (Å²) >= 11 is 0. The van der Waals surface area contributed by atoms with Crippen LogP contribution in [0.25, 0.3) is 0 Å². The van der Waals surface area contributed by atoms with E-state index in [4.69, 9.17) is 0 Å². The van der Waals surface area contributed by atoms with E-state index in [9.17, 15) is 14.0 Å². The third-order valence-corrected chi connectivity index (χ3v) is 5.32. The minimum absolute atomic E-state index is 0.00781. The Hall–Kier alpha value is -2.73. The van der Waals surface area contributed by atoms with Crippen molar-refractivity contribution in [2.24, 2.45) is 0 Å². The number of rotatable bonds is 8. The van der Waals surface area contributed by atoms with E-state index in [0.717, 1.165) is 29.7 Å². The van der Waals surface area contributed by atoms with Gasteiger partial charge in [-0.05, 0) is 55.3 Å². The highest BCUT2D eigenvalue weighted by molar-refractivity contribution is 5.88. The summed E-state index contributed by atoms with van der Waals surface area (Å²) in [6.07, 6.45) is 2.30. The molecule has 5 nitrogen and oxygen atoms in total. The number of benzene rings is 2. The number of nitrogens with one attached hydrogen (secondary N) is 2. The first kappa shape index (κ1) is 21.0. The fourth-order valence-corrected chi connectivity index (χ4v) is 3.68. The summed E-state index contributed by atoms with van der Waals surface area (Å²) in [6.45, 7) is 1.68. The molecule has 2 aromatic rings. The molecule has 154 valence electrons. The number of fused-ring (bicyclic) bond motifs is 1. The van der Waals surface area contributed by atoms with E-state index in [2.05, 4.69) is 10.6 Å². The average molecular weight is 397 g/mol. The predicted molar refractivity (Wildman–Crippen MR) is 111 cm³/mol. The van der Waals surface area contributed by atoms with Crippen molar-refractivity contribution in [1.29, 1.82) is 0 Å². The Bertz CT molecular complexity index is 838. The van der Waals surface area contributed by atoms with Gasteiger partial charge in [-0.1, -0.05) is 36.4 Å². The molecule has 0 fully saturated rings. The van der Waals surface area contributed by atoms with E-state index in [1.54, 1.807) is 17.0 Å². The second kappa shape index (κ2) is 10.2. The Labute approximate surface area is 171 Å². The summed E-state index contributed by atoms with van der Waals surface area (Å²) in [5.74, 6) is -0.400. The lowest BCUT2D eigenvalue weighted by atomic mass is 9.93. The van der Waals surface area contributed by atoms with E-state index in [1.165, 1.54) is 12.1 Å². The van der Waals surface area contributed by atoms with Crippen molar-refractivity contribution in [3.05, 3.63) is 71.0 Å². The lowest BCUT2D eigenvalue weighted by Gasteiger charge is -2.36. The Morgan fingerprint density at radius 1 is 1.07 bits per heavy atom. The average Bonchev–Trinajstić information content (AvgIpc) is 2.74. The topological polar surface area (TPSA) is 61.4 Å². The molecule has 29 heavy (non-hydrogen) atoms. The largest absolute Gasteiger partial charge is 0.354 e. The predicted octanol–water partition coefficient (Wildman–Crippen LogP) is 2.44. The highest BCUT2D eigenvalue weighted by Crippen LogP contribution is 2.24. The zero-order valence-corrected chi connectivity index (χ0v) is 16.8. The van der Waals surface area contributed by atoms with Crippen LogP contribution >= 0.6 is 0 Å². The van der Waals surface area contributed by atoms with Crippen LogP contribution in [-0.2, 0) is 29.0 Å². The summed E-state index contributed by atoms with van der Waals surface area (Å²) in [7, 11) is 1.86. The van der Waals surface area contributed by atoms with Crippen LogP contribution in [0.4, 0.5) is 4.39 Å². The van der Waals surface area contributed by atoms with Crippen molar-refractivity contribution in [1.82, 2.24) is 15.5 Å². The molecule has 1 unspecified atom stereocenters. The van der Waals surface area contributed by atoms with Gasteiger partial charge in [0, 0.05) is 25.9 Å². The summed E-state index contributed by atoms with van der Waals surface area (Å²) in [5, 5.41) is 6.01. The second-order valence-corrected chi connectivity index (χ2v) is 7.38. The van der Waals surface area contributed by atoms with Crippen molar-refractivity contribution in [3.8, 4) is 0 Å². The summed E-state index contributed by atoms with van der Waals surface area (Å²) in [5.41, 5.74) is 3.18. The molecule has 2 amide bonds. The van der Waals surface area contributed by atoms with Crippen LogP contribution in [0.3, 0.4) is 0 Å². The van der Waals surface area contributed by atoms with Gasteiger partial charge in [-0.3, -0.25) is 9.59 Å². The molecular weight excluding hydrogens is 369 g/mol. The first-order chi connectivity index (χ1) is 14.1. The smallest absolute Gasteiger partial charge is 0.243 e. The van der Waals surface area contributed by atoms with Gasteiger partial charge in [0.25, 0.3) is 0 Å². The molecule has 2 N–H and O–H groups in total. The third kappa shape index (κ3) is 5.64. The molecule has 0 saturated carbocycles. The molecule has 6 heteroatoms. The molecule has 1 aliphatic heterocycles. The van der Waals surface area contributed by atoms with Gasteiger partial charge < -0.3 is 15.5 Å². The van der Waals surface area contributed by atoms with Crippen LogP contribution in [-0.4, -0.2) is 42.9 Å². The third-order valence-electron chi connectivity index (χ3n) is 5.32. The lowest BCUT2D eigenvalue weighted by Crippen LogP contribution is -2.52. The first-order valence-electron chi connectivity index (χ1n) is 10.1. The Morgan fingerprint density at radius 3 is 2.52 bits per heavy atom. The Morgan fingerprint density at radius 2 is 1.79 bits per heavy atom. The minimum atomic E-state index is -0.500. The van der Waals surface area contributed by atoms with Crippen molar-refractivity contribution in [3.63, 3.8) is 0 Å². The molecule has 1 aliphatic rings. The molecule has 1 atom stereocenters. The highest BCUT2D eigenvalue weighted by atomic mass is 19.1.